The van der Waals surface area contributed by atoms with E-state index in [1.807, 2.05) is 0 Å². The molecule has 2 unspecified atom stereocenters. The lowest BCUT2D eigenvalue weighted by atomic mass is 9.83. The first-order chi connectivity index (χ1) is 9.22. The zero-order valence-electron chi connectivity index (χ0n) is 12.1. The highest BCUT2D eigenvalue weighted by Gasteiger charge is 2.28. The number of hydrogen-bond donors (Lipinski definition) is 2. The molecule has 2 rings (SSSR count). The van der Waals surface area contributed by atoms with Gasteiger partial charge in [0.15, 0.2) is 5.84 Å². The molecule has 1 saturated carbocycles. The number of rotatable bonds is 4. The van der Waals surface area contributed by atoms with E-state index in [9.17, 15) is 0 Å². The molecule has 0 bridgehead atoms. The van der Waals surface area contributed by atoms with Crippen LogP contribution in [0.2, 0.25) is 0 Å². The maximum absolute atomic E-state index is 8.60. The molecule has 0 aromatic rings. The topological polar surface area (TPSA) is 65.1 Å². The molecule has 0 amide bonds. The van der Waals surface area contributed by atoms with Crippen molar-refractivity contribution in [3.63, 3.8) is 0 Å². The number of amidine groups is 1. The van der Waals surface area contributed by atoms with Crippen LogP contribution in [0.1, 0.15) is 39.0 Å². The van der Waals surface area contributed by atoms with Gasteiger partial charge in [-0.25, -0.2) is 0 Å². The first kappa shape index (κ1) is 14.6. The molecule has 2 fully saturated rings. The second kappa shape index (κ2) is 7.10. The summed E-state index contributed by atoms with van der Waals surface area (Å²) >= 11 is 0. The highest BCUT2D eigenvalue weighted by atomic mass is 16.4. The molecular formula is C14H28N4O. The average molecular weight is 268 g/mol. The first-order valence-corrected chi connectivity index (χ1v) is 7.65. The Morgan fingerprint density at radius 2 is 2.00 bits per heavy atom. The Labute approximate surface area is 116 Å². The molecule has 0 radical (unpaired) electrons. The highest BCUT2D eigenvalue weighted by Crippen LogP contribution is 2.30. The third-order valence-corrected chi connectivity index (χ3v) is 4.77. The van der Waals surface area contributed by atoms with Crippen LogP contribution in [0.4, 0.5) is 0 Å². The molecule has 2 atom stereocenters. The van der Waals surface area contributed by atoms with Crippen LogP contribution in [0.25, 0.3) is 0 Å². The van der Waals surface area contributed by atoms with Crippen LogP contribution in [-0.2, 0) is 0 Å². The average Bonchev–Trinajstić information content (AvgIpc) is 2.48. The SMILES string of the molecule is CCC1CCCC(N2CCN(CC(N)=NO)CC2)C1. The van der Waals surface area contributed by atoms with Crippen molar-refractivity contribution in [2.24, 2.45) is 16.8 Å². The van der Waals surface area contributed by atoms with Crippen LogP contribution >= 0.6 is 0 Å². The molecular weight excluding hydrogens is 240 g/mol. The summed E-state index contributed by atoms with van der Waals surface area (Å²) in [4.78, 5) is 4.93. The third kappa shape index (κ3) is 4.08. The minimum Gasteiger partial charge on any atom is -0.409 e. The molecule has 5 nitrogen and oxygen atoms in total. The molecule has 5 heteroatoms. The Bertz CT molecular complexity index is 300. The van der Waals surface area contributed by atoms with E-state index in [4.69, 9.17) is 10.9 Å². The van der Waals surface area contributed by atoms with Crippen molar-refractivity contribution in [1.29, 1.82) is 0 Å². The van der Waals surface area contributed by atoms with E-state index >= 15 is 0 Å². The zero-order chi connectivity index (χ0) is 13.7. The van der Waals surface area contributed by atoms with Gasteiger partial charge in [0.2, 0.25) is 0 Å². The molecule has 0 aromatic heterocycles. The van der Waals surface area contributed by atoms with Crippen LogP contribution in [0, 0.1) is 5.92 Å². The molecule has 0 aromatic carbocycles. The van der Waals surface area contributed by atoms with Gasteiger partial charge in [0.25, 0.3) is 0 Å². The van der Waals surface area contributed by atoms with Crippen molar-refractivity contribution in [2.75, 3.05) is 32.7 Å². The van der Waals surface area contributed by atoms with Crippen LogP contribution in [0.3, 0.4) is 0 Å². The van der Waals surface area contributed by atoms with Crippen molar-refractivity contribution in [3.8, 4) is 0 Å². The van der Waals surface area contributed by atoms with Gasteiger partial charge in [0, 0.05) is 32.2 Å². The van der Waals surface area contributed by atoms with E-state index in [0.717, 1.165) is 38.1 Å². The maximum atomic E-state index is 8.60. The monoisotopic (exact) mass is 268 g/mol. The van der Waals surface area contributed by atoms with Crippen LogP contribution in [0.5, 0.6) is 0 Å². The number of oxime groups is 1. The Hall–Kier alpha value is -0.810. The van der Waals surface area contributed by atoms with E-state index < -0.39 is 0 Å². The summed E-state index contributed by atoms with van der Waals surface area (Å²) in [5.74, 6) is 1.26. The molecule has 1 aliphatic heterocycles. The molecule has 3 N–H and O–H groups in total. The van der Waals surface area contributed by atoms with Crippen molar-refractivity contribution >= 4 is 5.84 Å². The van der Waals surface area contributed by atoms with E-state index in [1.54, 1.807) is 0 Å². The van der Waals surface area contributed by atoms with Crippen molar-refractivity contribution < 1.29 is 5.21 Å². The lowest BCUT2D eigenvalue weighted by Gasteiger charge is -2.42. The largest absolute Gasteiger partial charge is 0.409 e. The summed E-state index contributed by atoms with van der Waals surface area (Å²) < 4.78 is 0. The number of piperazine rings is 1. The lowest BCUT2D eigenvalue weighted by Crippen LogP contribution is -2.52. The van der Waals surface area contributed by atoms with E-state index in [-0.39, 0.29) is 0 Å². The summed E-state index contributed by atoms with van der Waals surface area (Å²) in [5.41, 5.74) is 5.56. The molecule has 19 heavy (non-hydrogen) atoms. The minimum absolute atomic E-state index is 0.317. The molecule has 1 saturated heterocycles. The van der Waals surface area contributed by atoms with Gasteiger partial charge in [0.1, 0.15) is 0 Å². The number of hydrogen-bond acceptors (Lipinski definition) is 4. The van der Waals surface area contributed by atoms with Gasteiger partial charge < -0.3 is 10.9 Å². The molecule has 2 aliphatic rings. The van der Waals surface area contributed by atoms with Gasteiger partial charge in [-0.15, -0.1) is 0 Å². The van der Waals surface area contributed by atoms with E-state index in [2.05, 4.69) is 21.9 Å². The van der Waals surface area contributed by atoms with Crippen molar-refractivity contribution in [1.82, 2.24) is 9.80 Å². The lowest BCUT2D eigenvalue weighted by molar-refractivity contribution is 0.0721. The summed E-state index contributed by atoms with van der Waals surface area (Å²) in [7, 11) is 0. The Morgan fingerprint density at radius 3 is 2.63 bits per heavy atom. The maximum Gasteiger partial charge on any atom is 0.153 e. The second-order valence-corrected chi connectivity index (χ2v) is 6.00. The van der Waals surface area contributed by atoms with Gasteiger partial charge in [0.05, 0.1) is 6.54 Å². The second-order valence-electron chi connectivity index (χ2n) is 6.00. The highest BCUT2D eigenvalue weighted by molar-refractivity contribution is 5.81. The van der Waals surface area contributed by atoms with Gasteiger partial charge in [-0.3, -0.25) is 9.80 Å². The quantitative estimate of drug-likeness (QED) is 0.349. The Kier molecular flexibility index (Phi) is 5.45. The van der Waals surface area contributed by atoms with Gasteiger partial charge in [-0.1, -0.05) is 31.3 Å². The summed E-state index contributed by atoms with van der Waals surface area (Å²) in [6.07, 6.45) is 6.91. The van der Waals surface area contributed by atoms with Gasteiger partial charge in [-0.2, -0.15) is 0 Å². The molecule has 1 aliphatic carbocycles. The van der Waals surface area contributed by atoms with Crippen molar-refractivity contribution in [3.05, 3.63) is 0 Å². The Balaban J connectivity index is 1.76. The van der Waals surface area contributed by atoms with Gasteiger partial charge in [-0.05, 0) is 18.8 Å². The fraction of sp³-hybridized carbons (Fsp3) is 0.929. The standard InChI is InChI=1S/C14H28N4O/c1-2-12-4-3-5-13(10-12)18-8-6-17(7-9-18)11-14(15)16-19/h12-13,19H,2-11H2,1H3,(H2,15,16). The predicted molar refractivity (Wildman–Crippen MR) is 77.5 cm³/mol. The van der Waals surface area contributed by atoms with Crippen molar-refractivity contribution in [2.45, 2.75) is 45.1 Å². The number of nitrogens with two attached hydrogens (primary N) is 1. The van der Waals surface area contributed by atoms with Crippen LogP contribution < -0.4 is 5.73 Å². The van der Waals surface area contributed by atoms with E-state index in [0.29, 0.717) is 12.4 Å². The smallest absolute Gasteiger partial charge is 0.153 e. The van der Waals surface area contributed by atoms with Crippen LogP contribution in [0.15, 0.2) is 5.16 Å². The third-order valence-electron chi connectivity index (χ3n) is 4.77. The fourth-order valence-electron chi connectivity index (χ4n) is 3.51. The Morgan fingerprint density at radius 1 is 1.26 bits per heavy atom. The minimum atomic E-state index is 0.317. The summed E-state index contributed by atoms with van der Waals surface area (Å²) in [5, 5.41) is 11.7. The van der Waals surface area contributed by atoms with Crippen LogP contribution in [-0.4, -0.2) is 59.6 Å². The zero-order valence-corrected chi connectivity index (χ0v) is 12.1. The predicted octanol–water partition coefficient (Wildman–Crippen LogP) is 1.32. The summed E-state index contributed by atoms with van der Waals surface area (Å²) in [6.45, 7) is 7.22. The fourth-order valence-corrected chi connectivity index (χ4v) is 3.51. The number of nitrogens with zero attached hydrogens (tertiary/aromatic N) is 3. The van der Waals surface area contributed by atoms with Gasteiger partial charge >= 0.3 is 0 Å². The summed E-state index contributed by atoms with van der Waals surface area (Å²) in [6, 6.07) is 0.796. The van der Waals surface area contributed by atoms with E-state index in [1.165, 1.54) is 32.1 Å². The molecule has 0 spiro atoms. The molecule has 110 valence electrons. The normalized spacial score (nSPS) is 31.5. The molecule has 1 heterocycles. The first-order valence-electron chi connectivity index (χ1n) is 7.65.